The maximum atomic E-state index is 14.9. The van der Waals surface area contributed by atoms with E-state index in [-0.39, 0.29) is 94.2 Å². The first-order valence-corrected chi connectivity index (χ1v) is 27.1. The Balaban J connectivity index is 0.937. The summed E-state index contributed by atoms with van der Waals surface area (Å²) in [5.41, 5.74) is -0.300. The van der Waals surface area contributed by atoms with Gasteiger partial charge in [-0.3, -0.25) is 43.5 Å². The van der Waals surface area contributed by atoms with E-state index in [2.05, 4.69) is 38.0 Å². The molecule has 0 unspecified atom stereocenters. The molecule has 4 aromatic rings. The number of hydrogen-bond acceptors (Lipinski definition) is 16. The van der Waals surface area contributed by atoms with E-state index in [1.807, 2.05) is 6.07 Å². The van der Waals surface area contributed by atoms with Crippen LogP contribution in [0.5, 0.6) is 0 Å². The zero-order valence-electron chi connectivity index (χ0n) is 46.2. The Morgan fingerprint density at radius 2 is 1.70 bits per heavy atom. The van der Waals surface area contributed by atoms with Gasteiger partial charge in [-0.25, -0.2) is 14.6 Å². The van der Waals surface area contributed by atoms with Gasteiger partial charge in [0.25, 0.3) is 17.7 Å². The molecule has 0 saturated carbocycles. The number of imide groups is 1. The van der Waals surface area contributed by atoms with Gasteiger partial charge < -0.3 is 34.8 Å². The second kappa shape index (κ2) is 25.6. The van der Waals surface area contributed by atoms with Gasteiger partial charge in [0.05, 0.1) is 37.8 Å². The lowest BCUT2D eigenvalue weighted by molar-refractivity contribution is -0.197. The molecule has 4 aliphatic heterocycles. The fourth-order valence-electron chi connectivity index (χ4n) is 10.2. The van der Waals surface area contributed by atoms with Crippen LogP contribution in [0.15, 0.2) is 54.9 Å². The standard InChI is InChI=1S/C56H65F3N12O11/c1-33(2)50(65-46(72)10-6-11-49(75)82-71-47(73)16-17-48(71)74)52(77)62-35(4)51(76)63-39-14-12-36(13-15-39)29-81-54(79)69(20-8-18-60)43-23-38(55(30-80-31-55)25-45-66-61-32-67(45)5)24-44(64-43)70-28-41-40(53(70)78)21-37(22-42(41)56(57,58)59)27-68-19-7-9-34(3)26-68/h12-15,21-24,32-35,50H,6-11,16-17,19-20,25-31H2,1-5H3,(H,62,77)(H,63,76)(H,65,72)/t34-,35-,50-/m0/s1. The van der Waals surface area contributed by atoms with Gasteiger partial charge in [0, 0.05) is 75.5 Å². The summed E-state index contributed by atoms with van der Waals surface area (Å²) in [5, 5.41) is 26.4. The first-order valence-electron chi connectivity index (χ1n) is 27.1. The number of pyridine rings is 1. The van der Waals surface area contributed by atoms with Gasteiger partial charge in [-0.05, 0) is 103 Å². The third-order valence-corrected chi connectivity index (χ3v) is 14.8. The van der Waals surface area contributed by atoms with Crippen molar-refractivity contribution >= 4 is 64.8 Å². The molecular weight excluding hydrogens is 1070 g/mol. The Kier molecular flexibility index (Phi) is 18.7. The fraction of sp³-hybridized carbons (Fsp3) is 0.500. The number of rotatable bonds is 22. The highest BCUT2D eigenvalue weighted by Gasteiger charge is 2.45. The minimum absolute atomic E-state index is 0.00536. The van der Waals surface area contributed by atoms with E-state index in [0.29, 0.717) is 45.6 Å². The summed E-state index contributed by atoms with van der Waals surface area (Å²) in [4.78, 5) is 118. The van der Waals surface area contributed by atoms with Crippen molar-refractivity contribution in [2.45, 2.75) is 129 Å². The highest BCUT2D eigenvalue weighted by atomic mass is 19.4. The van der Waals surface area contributed by atoms with E-state index >= 15 is 0 Å². The van der Waals surface area contributed by atoms with Crippen molar-refractivity contribution in [3.63, 3.8) is 0 Å². The number of nitriles is 1. The number of piperidine rings is 1. The number of fused-ring (bicyclic) bond motifs is 1. The van der Waals surface area contributed by atoms with Crippen molar-refractivity contribution in [2.75, 3.05) is 48.0 Å². The number of hydroxylamine groups is 2. The highest BCUT2D eigenvalue weighted by molar-refractivity contribution is 6.10. The average Bonchev–Trinajstić information content (AvgIpc) is 2.82. The summed E-state index contributed by atoms with van der Waals surface area (Å²) in [7, 11) is 1.78. The lowest BCUT2D eigenvalue weighted by atomic mass is 9.75. The number of likely N-dealkylation sites (tertiary alicyclic amines) is 1. The van der Waals surface area contributed by atoms with Crippen LogP contribution in [-0.4, -0.2) is 122 Å². The molecule has 8 rings (SSSR count). The number of alkyl halides is 3. The molecule has 2 aromatic carbocycles. The topological polar surface area (TPSA) is 281 Å². The van der Waals surface area contributed by atoms with E-state index in [4.69, 9.17) is 19.3 Å². The van der Waals surface area contributed by atoms with Crippen molar-refractivity contribution in [2.24, 2.45) is 18.9 Å². The molecule has 0 radical (unpaired) electrons. The monoisotopic (exact) mass is 1140 g/mol. The van der Waals surface area contributed by atoms with Crippen LogP contribution in [0.4, 0.5) is 35.3 Å². The second-order valence-corrected chi connectivity index (χ2v) is 21.6. The molecular formula is C56H65F3N12O11. The van der Waals surface area contributed by atoms with E-state index < -0.39 is 89.2 Å². The van der Waals surface area contributed by atoms with E-state index in [9.17, 15) is 56.8 Å². The zero-order valence-corrected chi connectivity index (χ0v) is 46.2. The van der Waals surface area contributed by atoms with Crippen molar-refractivity contribution in [3.8, 4) is 6.07 Å². The molecule has 0 bridgehead atoms. The molecule has 3 atom stereocenters. The van der Waals surface area contributed by atoms with Crippen LogP contribution < -0.4 is 25.8 Å². The number of ether oxygens (including phenoxy) is 2. The number of aryl methyl sites for hydroxylation is 1. The number of nitrogens with one attached hydrogen (secondary N) is 3. The second-order valence-electron chi connectivity index (χ2n) is 21.6. The van der Waals surface area contributed by atoms with Crippen molar-refractivity contribution < 1.29 is 65.8 Å². The third-order valence-electron chi connectivity index (χ3n) is 14.8. The third kappa shape index (κ3) is 14.2. The lowest BCUT2D eigenvalue weighted by Crippen LogP contribution is -2.53. The molecule has 3 fully saturated rings. The minimum atomic E-state index is -4.78. The van der Waals surface area contributed by atoms with Crippen LogP contribution in [0.3, 0.4) is 0 Å². The predicted octanol–water partition coefficient (Wildman–Crippen LogP) is 5.55. The first-order chi connectivity index (χ1) is 39.0. The summed E-state index contributed by atoms with van der Waals surface area (Å²) in [5.74, 6) is -4.13. The maximum absolute atomic E-state index is 14.9. The summed E-state index contributed by atoms with van der Waals surface area (Å²) < 4.78 is 58.1. The normalized spacial score (nSPS) is 17.6. The number of aromatic nitrogens is 4. The van der Waals surface area contributed by atoms with Gasteiger partial charge >= 0.3 is 18.2 Å². The molecule has 26 heteroatoms. The number of anilines is 3. The maximum Gasteiger partial charge on any atom is 0.416 e. The predicted molar refractivity (Wildman–Crippen MR) is 285 cm³/mol. The van der Waals surface area contributed by atoms with Crippen molar-refractivity contribution in [3.05, 3.63) is 94.1 Å². The Hall–Kier alpha value is -8.31. The number of benzene rings is 2. The summed E-state index contributed by atoms with van der Waals surface area (Å²) in [6.45, 7) is 8.00. The number of carbonyl (C=O) groups is 8. The van der Waals surface area contributed by atoms with Crippen molar-refractivity contribution in [1.82, 2.24) is 40.3 Å². The lowest BCUT2D eigenvalue weighted by Gasteiger charge is -2.42. The molecule has 3 saturated heterocycles. The van der Waals surface area contributed by atoms with Gasteiger partial charge in [-0.1, -0.05) is 32.9 Å². The molecule has 2 aromatic heterocycles. The average molecular weight is 1140 g/mol. The highest BCUT2D eigenvalue weighted by Crippen LogP contribution is 2.43. The number of hydrogen-bond donors (Lipinski definition) is 3. The summed E-state index contributed by atoms with van der Waals surface area (Å²) >= 11 is 0. The Bertz CT molecular complexity index is 3120. The Labute approximate surface area is 470 Å². The Morgan fingerprint density at radius 1 is 0.963 bits per heavy atom. The van der Waals surface area contributed by atoms with Crippen LogP contribution in [0.1, 0.15) is 123 Å². The van der Waals surface area contributed by atoms with Gasteiger partial charge in [0.1, 0.15) is 42.5 Å². The van der Waals surface area contributed by atoms with Gasteiger partial charge in [0.15, 0.2) is 0 Å². The number of amides is 7. The first kappa shape index (κ1) is 59.8. The van der Waals surface area contributed by atoms with Gasteiger partial charge in [0.2, 0.25) is 17.7 Å². The van der Waals surface area contributed by atoms with Crippen LogP contribution >= 0.6 is 0 Å². The molecule has 436 valence electrons. The molecule has 7 amide bonds. The Morgan fingerprint density at radius 3 is 2.33 bits per heavy atom. The molecule has 3 N–H and O–H groups in total. The largest absolute Gasteiger partial charge is 0.444 e. The SMILES string of the molecule is CC(C)[C@H](NC(=O)CCCC(=O)ON1C(=O)CCC1=O)C(=O)N[C@@H](C)C(=O)Nc1ccc(COC(=O)N(CCC#N)c2cc(C3(Cc4nncn4C)COC3)cc(N3Cc4c(cc(CN5CCC[C@H](C)C5)cc4C(F)(F)F)C3=O)n2)cc1. The van der Waals surface area contributed by atoms with Crippen LogP contribution in [0.2, 0.25) is 0 Å². The van der Waals surface area contributed by atoms with Crippen LogP contribution in [0, 0.1) is 23.2 Å². The van der Waals surface area contributed by atoms with Gasteiger partial charge in [-0.15, -0.1) is 15.3 Å². The van der Waals surface area contributed by atoms with E-state index in [1.165, 1.54) is 36.4 Å². The molecule has 6 heterocycles. The van der Waals surface area contributed by atoms with E-state index in [1.54, 1.807) is 49.7 Å². The zero-order chi connectivity index (χ0) is 59.0. The summed E-state index contributed by atoms with van der Waals surface area (Å²) in [6.07, 6.45) is -2.68. The molecule has 0 spiro atoms. The molecule has 82 heavy (non-hydrogen) atoms. The van der Waals surface area contributed by atoms with Crippen LogP contribution in [-0.2, 0) is 87.8 Å². The van der Waals surface area contributed by atoms with Crippen LogP contribution in [0.25, 0.3) is 0 Å². The fourth-order valence-corrected chi connectivity index (χ4v) is 10.2. The molecule has 23 nitrogen and oxygen atoms in total. The quantitative estimate of drug-likeness (QED) is 0.0814. The minimum Gasteiger partial charge on any atom is -0.444 e. The molecule has 0 aliphatic carbocycles. The number of nitrogens with zero attached hydrogens (tertiary/aromatic N) is 9. The molecule has 4 aliphatic rings. The van der Waals surface area contributed by atoms with Crippen molar-refractivity contribution in [1.29, 1.82) is 5.26 Å². The smallest absolute Gasteiger partial charge is 0.416 e. The number of carbonyl (C=O) groups excluding carboxylic acids is 8. The number of halogens is 3. The van der Waals surface area contributed by atoms with Gasteiger partial charge in [-0.2, -0.15) is 18.4 Å². The van der Waals surface area contributed by atoms with E-state index in [0.717, 1.165) is 36.9 Å². The summed E-state index contributed by atoms with van der Waals surface area (Å²) in [6, 6.07) is 12.0.